The molecule has 2 aromatic carbocycles. The van der Waals surface area contributed by atoms with Crippen LogP contribution in [0.2, 0.25) is 0 Å². The van der Waals surface area contributed by atoms with Gasteiger partial charge in [-0.05, 0) is 23.3 Å². The Morgan fingerprint density at radius 2 is 1.71 bits per heavy atom. The second-order valence-corrected chi connectivity index (χ2v) is 7.56. The molecule has 0 unspecified atom stereocenters. The minimum atomic E-state index is -4.06. The van der Waals surface area contributed by atoms with E-state index in [1.165, 1.54) is 24.4 Å². The van der Waals surface area contributed by atoms with Gasteiger partial charge in [-0.2, -0.15) is 0 Å². The first-order valence-corrected chi connectivity index (χ1v) is 9.79. The zero-order valence-corrected chi connectivity index (χ0v) is 15.5. The predicted octanol–water partition coefficient (Wildman–Crippen LogP) is 3.05. The highest BCUT2D eigenvalue weighted by Crippen LogP contribution is 2.23. The van der Waals surface area contributed by atoms with E-state index in [4.69, 9.17) is 4.74 Å². The molecule has 3 aromatic rings. The molecule has 0 aliphatic heterocycles. The smallest absolute Gasteiger partial charge is 0.289 e. The van der Waals surface area contributed by atoms with Crippen molar-refractivity contribution in [2.75, 3.05) is 0 Å². The molecule has 0 spiro atoms. The van der Waals surface area contributed by atoms with E-state index < -0.39 is 20.6 Å². The Kier molecular flexibility index (Phi) is 5.97. The van der Waals surface area contributed by atoms with Gasteiger partial charge in [0.2, 0.25) is 15.9 Å². The molecule has 1 aromatic heterocycles. The van der Waals surface area contributed by atoms with Crippen LogP contribution >= 0.6 is 0 Å². The van der Waals surface area contributed by atoms with Gasteiger partial charge in [0.05, 0.1) is 4.92 Å². The fourth-order valence-electron chi connectivity index (χ4n) is 2.46. The summed E-state index contributed by atoms with van der Waals surface area (Å²) in [6.07, 6.45) is 1.51. The van der Waals surface area contributed by atoms with Gasteiger partial charge in [-0.1, -0.05) is 42.5 Å². The van der Waals surface area contributed by atoms with Crippen molar-refractivity contribution >= 4 is 15.7 Å². The number of nitrogens with zero attached hydrogens (tertiary/aromatic N) is 2. The van der Waals surface area contributed by atoms with Crippen LogP contribution in [0.3, 0.4) is 0 Å². The van der Waals surface area contributed by atoms with E-state index in [-0.39, 0.29) is 11.4 Å². The molecule has 0 radical (unpaired) electrons. The van der Waals surface area contributed by atoms with E-state index >= 15 is 0 Å². The molecule has 0 aliphatic rings. The van der Waals surface area contributed by atoms with Gasteiger partial charge in [-0.3, -0.25) is 10.1 Å². The number of nitro groups is 1. The van der Waals surface area contributed by atoms with Gasteiger partial charge >= 0.3 is 0 Å². The van der Waals surface area contributed by atoms with Gasteiger partial charge in [-0.15, -0.1) is 0 Å². The Morgan fingerprint density at radius 3 is 2.46 bits per heavy atom. The number of aromatic nitrogens is 1. The monoisotopic (exact) mass is 399 g/mol. The van der Waals surface area contributed by atoms with E-state index in [2.05, 4.69) is 9.71 Å². The summed E-state index contributed by atoms with van der Waals surface area (Å²) >= 11 is 0. The van der Waals surface area contributed by atoms with Gasteiger partial charge in [-0.25, -0.2) is 18.1 Å². The van der Waals surface area contributed by atoms with E-state index in [1.54, 1.807) is 12.1 Å². The molecule has 3 rings (SSSR count). The van der Waals surface area contributed by atoms with Crippen LogP contribution in [0.5, 0.6) is 5.88 Å². The molecule has 28 heavy (non-hydrogen) atoms. The molecular formula is C19H17N3O5S. The number of nitrogens with one attached hydrogen (secondary N) is 1. The Morgan fingerprint density at radius 1 is 1.00 bits per heavy atom. The molecule has 0 atom stereocenters. The van der Waals surface area contributed by atoms with Crippen LogP contribution in [0, 0.1) is 10.1 Å². The maximum absolute atomic E-state index is 12.5. The van der Waals surface area contributed by atoms with Crippen molar-refractivity contribution in [3.63, 3.8) is 0 Å². The molecule has 8 nitrogen and oxygen atoms in total. The number of hydrogen-bond donors (Lipinski definition) is 1. The van der Waals surface area contributed by atoms with Crippen LogP contribution < -0.4 is 9.46 Å². The summed E-state index contributed by atoms with van der Waals surface area (Å²) in [7, 11) is -4.06. The summed E-state index contributed by atoms with van der Waals surface area (Å²) in [4.78, 5) is 14.1. The fraction of sp³-hybridized carbons (Fsp3) is 0.105. The minimum Gasteiger partial charge on any atom is -0.473 e. The quantitative estimate of drug-likeness (QED) is 0.460. The van der Waals surface area contributed by atoms with Gasteiger partial charge in [0.25, 0.3) is 5.69 Å². The Labute approximate surface area is 162 Å². The molecule has 0 saturated carbocycles. The Balaban J connectivity index is 1.68. The molecule has 0 bridgehead atoms. The number of para-hydroxylation sites is 1. The van der Waals surface area contributed by atoms with Crippen molar-refractivity contribution in [2.45, 2.75) is 18.0 Å². The molecule has 144 valence electrons. The summed E-state index contributed by atoms with van der Waals surface area (Å²) in [6.45, 7) is 0.276. The van der Waals surface area contributed by atoms with Crippen molar-refractivity contribution in [3.05, 3.63) is 94.2 Å². The lowest BCUT2D eigenvalue weighted by Crippen LogP contribution is -2.24. The van der Waals surface area contributed by atoms with Gasteiger partial charge in [0.1, 0.15) is 6.61 Å². The predicted molar refractivity (Wildman–Crippen MR) is 102 cm³/mol. The van der Waals surface area contributed by atoms with Gasteiger partial charge in [0.15, 0.2) is 4.90 Å². The largest absolute Gasteiger partial charge is 0.473 e. The highest BCUT2D eigenvalue weighted by molar-refractivity contribution is 7.89. The van der Waals surface area contributed by atoms with Crippen molar-refractivity contribution < 1.29 is 18.1 Å². The first-order chi connectivity index (χ1) is 13.5. The first kappa shape index (κ1) is 19.5. The van der Waals surface area contributed by atoms with Crippen molar-refractivity contribution in [1.29, 1.82) is 0 Å². The van der Waals surface area contributed by atoms with Crippen LogP contribution in [0.4, 0.5) is 5.69 Å². The van der Waals surface area contributed by atoms with E-state index in [9.17, 15) is 18.5 Å². The number of rotatable bonds is 8. The number of hydrogen-bond acceptors (Lipinski definition) is 6. The molecule has 0 amide bonds. The molecule has 0 fully saturated rings. The zero-order chi connectivity index (χ0) is 20.0. The van der Waals surface area contributed by atoms with Crippen LogP contribution in [0.1, 0.15) is 11.1 Å². The number of ether oxygens (including phenoxy) is 1. The molecule has 1 heterocycles. The summed E-state index contributed by atoms with van der Waals surface area (Å²) < 4.78 is 32.9. The SMILES string of the molecule is O=[N+]([O-])c1ccccc1S(=O)(=O)NCc1ccnc(OCc2ccccc2)c1. The second kappa shape index (κ2) is 8.59. The number of sulfonamides is 1. The van der Waals surface area contributed by atoms with Gasteiger partial charge < -0.3 is 4.74 Å². The van der Waals surface area contributed by atoms with E-state index in [1.807, 2.05) is 30.3 Å². The topological polar surface area (TPSA) is 111 Å². The number of benzene rings is 2. The second-order valence-electron chi connectivity index (χ2n) is 5.83. The Hall–Kier alpha value is -3.30. The zero-order valence-electron chi connectivity index (χ0n) is 14.7. The third-order valence-electron chi connectivity index (χ3n) is 3.85. The fourth-order valence-corrected chi connectivity index (χ4v) is 3.65. The summed E-state index contributed by atoms with van der Waals surface area (Å²) in [5.41, 5.74) is 1.11. The maximum atomic E-state index is 12.5. The van der Waals surface area contributed by atoms with Crippen LogP contribution in [-0.4, -0.2) is 18.3 Å². The number of pyridine rings is 1. The summed E-state index contributed by atoms with van der Waals surface area (Å²) in [5.74, 6) is 0.353. The van der Waals surface area contributed by atoms with Gasteiger partial charge in [0, 0.05) is 24.9 Å². The standard InChI is InChI=1S/C19H17N3O5S/c23-22(24)17-8-4-5-9-18(17)28(25,26)21-13-16-10-11-20-19(12-16)27-14-15-6-2-1-3-7-15/h1-12,21H,13-14H2. The maximum Gasteiger partial charge on any atom is 0.289 e. The van der Waals surface area contributed by atoms with Crippen LogP contribution in [0.15, 0.2) is 77.8 Å². The number of nitro benzene ring substituents is 1. The lowest BCUT2D eigenvalue weighted by molar-refractivity contribution is -0.387. The third kappa shape index (κ3) is 4.90. The van der Waals surface area contributed by atoms with Crippen molar-refractivity contribution in [1.82, 2.24) is 9.71 Å². The highest BCUT2D eigenvalue weighted by Gasteiger charge is 2.24. The molecule has 0 saturated heterocycles. The van der Waals surface area contributed by atoms with Crippen molar-refractivity contribution in [3.8, 4) is 5.88 Å². The van der Waals surface area contributed by atoms with E-state index in [0.29, 0.717) is 18.1 Å². The third-order valence-corrected chi connectivity index (χ3v) is 5.30. The average Bonchev–Trinajstić information content (AvgIpc) is 2.72. The molecular weight excluding hydrogens is 382 g/mol. The van der Waals surface area contributed by atoms with Crippen LogP contribution in [0.25, 0.3) is 0 Å². The molecule has 0 aliphatic carbocycles. The first-order valence-electron chi connectivity index (χ1n) is 8.30. The van der Waals surface area contributed by atoms with Crippen LogP contribution in [-0.2, 0) is 23.2 Å². The van der Waals surface area contributed by atoms with Crippen molar-refractivity contribution in [2.24, 2.45) is 0 Å². The molecule has 9 heteroatoms. The molecule has 1 N–H and O–H groups in total. The Bertz CT molecular complexity index is 1070. The average molecular weight is 399 g/mol. The lowest BCUT2D eigenvalue weighted by Gasteiger charge is -2.09. The van der Waals surface area contributed by atoms with E-state index in [0.717, 1.165) is 11.6 Å². The highest BCUT2D eigenvalue weighted by atomic mass is 32.2. The normalized spacial score (nSPS) is 11.1. The lowest BCUT2D eigenvalue weighted by atomic mass is 10.2. The minimum absolute atomic E-state index is 0.0569. The summed E-state index contributed by atoms with van der Waals surface area (Å²) in [6, 6.07) is 18.0. The summed E-state index contributed by atoms with van der Waals surface area (Å²) in [5, 5.41) is 11.1.